The number of carbonyl (C=O) groups excluding carboxylic acids is 1. The van der Waals surface area contributed by atoms with Gasteiger partial charge in [0, 0.05) is 11.5 Å². The maximum Gasteiger partial charge on any atom is 0.267 e. The first kappa shape index (κ1) is 15.3. The number of carbonyl (C=O) groups is 1. The predicted octanol–water partition coefficient (Wildman–Crippen LogP) is 3.62. The molecule has 1 amide bonds. The summed E-state index contributed by atoms with van der Waals surface area (Å²) in [6, 6.07) is 5.62. The summed E-state index contributed by atoms with van der Waals surface area (Å²) in [4.78, 5) is 17.3. The van der Waals surface area contributed by atoms with Crippen molar-refractivity contribution in [3.05, 3.63) is 46.8 Å². The molecule has 0 aliphatic carbocycles. The van der Waals surface area contributed by atoms with Gasteiger partial charge in [-0.15, -0.1) is 0 Å². The summed E-state index contributed by atoms with van der Waals surface area (Å²) in [6.07, 6.45) is 3.23. The number of H-pyrrole nitrogens is 1. The number of aryl methyl sites for hydroxylation is 2. The van der Waals surface area contributed by atoms with Crippen LogP contribution in [-0.2, 0) is 0 Å². The van der Waals surface area contributed by atoms with E-state index in [4.69, 9.17) is 4.52 Å². The predicted molar refractivity (Wildman–Crippen MR) is 95.4 cm³/mol. The van der Waals surface area contributed by atoms with Crippen molar-refractivity contribution in [3.8, 4) is 0 Å². The summed E-state index contributed by atoms with van der Waals surface area (Å²) < 4.78 is 4.99. The molecule has 0 spiro atoms. The molecule has 126 valence electrons. The molecular formula is C16H14N6O2S. The van der Waals surface area contributed by atoms with Crippen molar-refractivity contribution in [1.82, 2.24) is 20.3 Å². The van der Waals surface area contributed by atoms with Crippen molar-refractivity contribution >= 4 is 44.8 Å². The normalized spacial score (nSPS) is 11.0. The fourth-order valence-electron chi connectivity index (χ4n) is 2.44. The van der Waals surface area contributed by atoms with Crippen LogP contribution in [0.15, 0.2) is 35.1 Å². The Kier molecular flexibility index (Phi) is 3.69. The van der Waals surface area contributed by atoms with Gasteiger partial charge in [0.25, 0.3) is 5.91 Å². The van der Waals surface area contributed by atoms with Crippen LogP contribution in [0, 0.1) is 13.8 Å². The Bertz CT molecular complexity index is 1060. The van der Waals surface area contributed by atoms with Gasteiger partial charge in [-0.2, -0.15) is 5.10 Å². The third-order valence-electron chi connectivity index (χ3n) is 3.66. The van der Waals surface area contributed by atoms with Crippen LogP contribution in [0.1, 0.15) is 21.0 Å². The van der Waals surface area contributed by atoms with Gasteiger partial charge in [0.2, 0.25) is 0 Å². The molecular weight excluding hydrogens is 340 g/mol. The van der Waals surface area contributed by atoms with Gasteiger partial charge in [0.1, 0.15) is 10.6 Å². The van der Waals surface area contributed by atoms with Gasteiger partial charge in [-0.25, -0.2) is 4.98 Å². The van der Waals surface area contributed by atoms with Crippen LogP contribution in [0.25, 0.3) is 10.9 Å². The molecule has 0 radical (unpaired) electrons. The molecule has 4 aromatic rings. The zero-order chi connectivity index (χ0) is 17.4. The van der Waals surface area contributed by atoms with E-state index in [0.29, 0.717) is 21.6 Å². The lowest BCUT2D eigenvalue weighted by atomic mass is 10.1. The van der Waals surface area contributed by atoms with E-state index in [1.165, 1.54) is 17.5 Å². The molecule has 0 saturated heterocycles. The fourth-order valence-corrected chi connectivity index (χ4v) is 3.16. The summed E-state index contributed by atoms with van der Waals surface area (Å²) in [6.45, 7) is 3.74. The van der Waals surface area contributed by atoms with E-state index in [1.54, 1.807) is 19.2 Å². The van der Waals surface area contributed by atoms with Gasteiger partial charge < -0.3 is 15.2 Å². The second-order valence-electron chi connectivity index (χ2n) is 5.52. The number of fused-ring (bicyclic) bond motifs is 1. The standard InChI is InChI=1S/C16H14N6O2S/c1-8-3-4-11-10(6-18-21-11)14(8)20-15(23)12-7-17-16(25-12)19-13-5-9(2)24-22-13/h3-7H,1-2H3,(H,18,21)(H,20,23)(H,17,19,22). The summed E-state index contributed by atoms with van der Waals surface area (Å²) in [5.41, 5.74) is 2.57. The van der Waals surface area contributed by atoms with Gasteiger partial charge >= 0.3 is 0 Å². The minimum absolute atomic E-state index is 0.223. The largest absolute Gasteiger partial charge is 0.360 e. The molecule has 0 atom stereocenters. The summed E-state index contributed by atoms with van der Waals surface area (Å²) in [7, 11) is 0. The SMILES string of the molecule is Cc1cc(Nc2ncc(C(=O)Nc3c(C)ccc4[nH]ncc34)s2)no1. The number of aromatic nitrogens is 4. The highest BCUT2D eigenvalue weighted by atomic mass is 32.1. The van der Waals surface area contributed by atoms with Gasteiger partial charge in [-0.3, -0.25) is 9.89 Å². The molecule has 0 saturated carbocycles. The number of amides is 1. The summed E-state index contributed by atoms with van der Waals surface area (Å²) in [5, 5.41) is 18.2. The van der Waals surface area contributed by atoms with Crippen molar-refractivity contribution < 1.29 is 9.32 Å². The number of nitrogens with one attached hydrogen (secondary N) is 3. The quantitative estimate of drug-likeness (QED) is 0.516. The van der Waals surface area contributed by atoms with Crippen molar-refractivity contribution in [3.63, 3.8) is 0 Å². The Morgan fingerprint density at radius 2 is 2.16 bits per heavy atom. The number of aromatic amines is 1. The van der Waals surface area contributed by atoms with Gasteiger partial charge in [0.05, 0.1) is 23.6 Å². The second-order valence-corrected chi connectivity index (χ2v) is 6.55. The third-order valence-corrected chi connectivity index (χ3v) is 4.58. The van der Waals surface area contributed by atoms with Crippen LogP contribution in [0.3, 0.4) is 0 Å². The van der Waals surface area contributed by atoms with Crippen molar-refractivity contribution in [1.29, 1.82) is 0 Å². The van der Waals surface area contributed by atoms with Crippen LogP contribution in [0.2, 0.25) is 0 Å². The van der Waals surface area contributed by atoms with E-state index in [9.17, 15) is 4.79 Å². The average molecular weight is 354 g/mol. The van der Waals surface area contributed by atoms with Crippen LogP contribution in [0.5, 0.6) is 0 Å². The van der Waals surface area contributed by atoms with Gasteiger partial charge in [0.15, 0.2) is 10.9 Å². The lowest BCUT2D eigenvalue weighted by Gasteiger charge is -2.08. The topological polar surface area (TPSA) is 109 Å². The molecule has 1 aromatic carbocycles. The highest BCUT2D eigenvalue weighted by Crippen LogP contribution is 2.28. The number of nitrogens with zero attached hydrogens (tertiary/aromatic N) is 3. The van der Waals surface area contributed by atoms with Crippen molar-refractivity contribution in [2.24, 2.45) is 0 Å². The van der Waals surface area contributed by atoms with Crippen LogP contribution < -0.4 is 10.6 Å². The number of anilines is 3. The Hall–Kier alpha value is -3.20. The fraction of sp³-hybridized carbons (Fsp3) is 0.125. The second kappa shape index (κ2) is 6.02. The Morgan fingerprint density at radius 1 is 1.28 bits per heavy atom. The Morgan fingerprint density at radius 3 is 2.96 bits per heavy atom. The molecule has 0 fully saturated rings. The van der Waals surface area contributed by atoms with Crippen LogP contribution in [-0.4, -0.2) is 26.2 Å². The molecule has 9 heteroatoms. The molecule has 0 bridgehead atoms. The van der Waals surface area contributed by atoms with E-state index in [-0.39, 0.29) is 5.91 Å². The lowest BCUT2D eigenvalue weighted by molar-refractivity contribution is 0.103. The van der Waals surface area contributed by atoms with Crippen LogP contribution in [0.4, 0.5) is 16.6 Å². The smallest absolute Gasteiger partial charge is 0.267 e. The molecule has 0 aliphatic heterocycles. The number of thiazole rings is 1. The molecule has 0 aliphatic rings. The minimum Gasteiger partial charge on any atom is -0.360 e. The number of hydrogen-bond acceptors (Lipinski definition) is 7. The Balaban J connectivity index is 1.55. The van der Waals surface area contributed by atoms with E-state index >= 15 is 0 Å². The first-order chi connectivity index (χ1) is 12.1. The molecule has 3 heterocycles. The zero-order valence-corrected chi connectivity index (χ0v) is 14.3. The maximum absolute atomic E-state index is 12.6. The monoisotopic (exact) mass is 354 g/mol. The molecule has 3 N–H and O–H groups in total. The first-order valence-corrected chi connectivity index (χ1v) is 8.32. The number of benzene rings is 1. The van der Waals surface area contributed by atoms with E-state index < -0.39 is 0 Å². The van der Waals surface area contributed by atoms with Crippen LogP contribution >= 0.6 is 11.3 Å². The minimum atomic E-state index is -0.223. The van der Waals surface area contributed by atoms with Crippen molar-refractivity contribution in [2.75, 3.05) is 10.6 Å². The number of rotatable bonds is 4. The number of hydrogen-bond donors (Lipinski definition) is 3. The zero-order valence-electron chi connectivity index (χ0n) is 13.5. The van der Waals surface area contributed by atoms with Gasteiger partial charge in [-0.1, -0.05) is 22.6 Å². The lowest BCUT2D eigenvalue weighted by Crippen LogP contribution is -2.11. The van der Waals surface area contributed by atoms with Gasteiger partial charge in [-0.05, 0) is 25.5 Å². The summed E-state index contributed by atoms with van der Waals surface area (Å²) >= 11 is 1.24. The highest BCUT2D eigenvalue weighted by Gasteiger charge is 2.15. The molecule has 3 aromatic heterocycles. The molecule has 8 nitrogen and oxygen atoms in total. The molecule has 25 heavy (non-hydrogen) atoms. The summed E-state index contributed by atoms with van der Waals surface area (Å²) in [5.74, 6) is 1.03. The van der Waals surface area contributed by atoms with E-state index in [1.807, 2.05) is 19.1 Å². The maximum atomic E-state index is 12.6. The third kappa shape index (κ3) is 2.96. The first-order valence-electron chi connectivity index (χ1n) is 7.50. The molecule has 4 rings (SSSR count). The van der Waals surface area contributed by atoms with E-state index in [2.05, 4.69) is 31.0 Å². The average Bonchev–Trinajstić information content (AvgIpc) is 3.31. The highest BCUT2D eigenvalue weighted by molar-refractivity contribution is 7.17. The van der Waals surface area contributed by atoms with Crippen molar-refractivity contribution in [2.45, 2.75) is 13.8 Å². The molecule has 0 unspecified atom stereocenters. The van der Waals surface area contributed by atoms with E-state index in [0.717, 1.165) is 22.2 Å². The Labute approximate surface area is 146 Å².